The van der Waals surface area contributed by atoms with Crippen molar-refractivity contribution in [3.63, 3.8) is 0 Å². The quantitative estimate of drug-likeness (QED) is 0.575. The van der Waals surface area contributed by atoms with Crippen LogP contribution in [0, 0.1) is 25.7 Å². The van der Waals surface area contributed by atoms with Gasteiger partial charge in [-0.2, -0.15) is 0 Å². The van der Waals surface area contributed by atoms with Gasteiger partial charge in [0.2, 0.25) is 11.8 Å². The van der Waals surface area contributed by atoms with Crippen LogP contribution in [0.1, 0.15) is 45.2 Å². The fraction of sp³-hybridized carbons (Fsp3) is 0.231. The molecule has 1 fully saturated rings. The van der Waals surface area contributed by atoms with E-state index in [0.29, 0.717) is 0 Å². The highest BCUT2D eigenvalue weighted by Crippen LogP contribution is 2.61. The molecule has 2 bridgehead atoms. The minimum absolute atomic E-state index is 0.0484. The number of imide groups is 1. The van der Waals surface area contributed by atoms with Crippen molar-refractivity contribution < 1.29 is 9.59 Å². The zero-order chi connectivity index (χ0) is 19.9. The van der Waals surface area contributed by atoms with Gasteiger partial charge in [0.25, 0.3) is 0 Å². The first-order valence-electron chi connectivity index (χ1n) is 10.2. The molecule has 3 aromatic carbocycles. The Balaban J connectivity index is 1.59. The Morgan fingerprint density at radius 2 is 1.07 bits per heavy atom. The number of hydrogen-bond acceptors (Lipinski definition) is 2. The molecular weight excluding hydrogens is 358 g/mol. The summed E-state index contributed by atoms with van der Waals surface area (Å²) in [6, 6.07) is 22.6. The SMILES string of the molecule is Cc1cccc(N2C(=O)[C@@H]3C4c5ccccc5C(c5ccccc54)[C@@H]3C2=O)c1C. The lowest BCUT2D eigenvalue weighted by atomic mass is 9.55. The van der Waals surface area contributed by atoms with Crippen molar-refractivity contribution in [2.75, 3.05) is 4.90 Å². The Bertz CT molecular complexity index is 1100. The van der Waals surface area contributed by atoms with E-state index in [9.17, 15) is 9.59 Å². The highest BCUT2D eigenvalue weighted by atomic mass is 16.2. The number of hydrogen-bond donors (Lipinski definition) is 0. The second-order valence-electron chi connectivity index (χ2n) is 8.50. The summed E-state index contributed by atoms with van der Waals surface area (Å²) in [4.78, 5) is 28.9. The van der Waals surface area contributed by atoms with Crippen LogP contribution in [-0.2, 0) is 9.59 Å². The van der Waals surface area contributed by atoms with Gasteiger partial charge in [-0.05, 0) is 53.3 Å². The van der Waals surface area contributed by atoms with Crippen molar-refractivity contribution in [3.8, 4) is 0 Å². The molecule has 0 aromatic heterocycles. The summed E-state index contributed by atoms with van der Waals surface area (Å²) >= 11 is 0. The molecule has 3 aromatic rings. The van der Waals surface area contributed by atoms with Crippen molar-refractivity contribution in [1.82, 2.24) is 0 Å². The zero-order valence-corrected chi connectivity index (χ0v) is 16.4. The van der Waals surface area contributed by atoms with Crippen LogP contribution in [-0.4, -0.2) is 11.8 Å². The molecule has 1 aliphatic heterocycles. The highest BCUT2D eigenvalue weighted by molar-refractivity contribution is 6.23. The molecule has 3 heteroatoms. The summed E-state index contributed by atoms with van der Waals surface area (Å²) in [7, 11) is 0. The Morgan fingerprint density at radius 3 is 1.52 bits per heavy atom. The molecule has 0 unspecified atom stereocenters. The Labute approximate surface area is 170 Å². The van der Waals surface area contributed by atoms with Crippen molar-refractivity contribution in [3.05, 3.63) is 100 Å². The normalized spacial score (nSPS) is 26.3. The van der Waals surface area contributed by atoms with Gasteiger partial charge in [-0.3, -0.25) is 9.59 Å². The largest absolute Gasteiger partial charge is 0.274 e. The van der Waals surface area contributed by atoms with Crippen LogP contribution < -0.4 is 4.90 Å². The van der Waals surface area contributed by atoms with Crippen LogP contribution in [0.25, 0.3) is 0 Å². The third-order valence-electron chi connectivity index (χ3n) is 7.27. The second kappa shape index (κ2) is 5.66. The number of benzene rings is 3. The number of nitrogens with zero attached hydrogens (tertiary/aromatic N) is 1. The average Bonchev–Trinajstić information content (AvgIpc) is 3.01. The van der Waals surface area contributed by atoms with Crippen LogP contribution in [0.2, 0.25) is 0 Å². The summed E-state index contributed by atoms with van der Waals surface area (Å²) in [5, 5.41) is 0. The second-order valence-corrected chi connectivity index (χ2v) is 8.50. The van der Waals surface area contributed by atoms with Crippen LogP contribution in [0.5, 0.6) is 0 Å². The maximum absolute atomic E-state index is 13.7. The van der Waals surface area contributed by atoms with Gasteiger partial charge in [0, 0.05) is 11.8 Å². The maximum Gasteiger partial charge on any atom is 0.238 e. The third kappa shape index (κ3) is 1.97. The molecule has 1 heterocycles. The summed E-state index contributed by atoms with van der Waals surface area (Å²) in [5.41, 5.74) is 7.66. The molecule has 0 saturated carbocycles. The summed E-state index contributed by atoms with van der Waals surface area (Å²) in [5.74, 6) is -0.845. The van der Waals surface area contributed by atoms with Crippen LogP contribution in [0.15, 0.2) is 66.7 Å². The zero-order valence-electron chi connectivity index (χ0n) is 16.4. The lowest BCUT2D eigenvalue weighted by molar-refractivity contribution is -0.122. The van der Waals surface area contributed by atoms with Gasteiger partial charge in [-0.25, -0.2) is 4.90 Å². The molecule has 2 amide bonds. The molecule has 3 nitrogen and oxygen atoms in total. The monoisotopic (exact) mass is 379 g/mol. The van der Waals surface area contributed by atoms with E-state index >= 15 is 0 Å². The Morgan fingerprint density at radius 1 is 0.621 bits per heavy atom. The van der Waals surface area contributed by atoms with Gasteiger partial charge in [0.1, 0.15) is 0 Å². The Hall–Kier alpha value is -3.20. The summed E-state index contributed by atoms with van der Waals surface area (Å²) < 4.78 is 0. The molecule has 3 aliphatic carbocycles. The van der Waals surface area contributed by atoms with Gasteiger partial charge >= 0.3 is 0 Å². The number of anilines is 1. The standard InChI is InChI=1S/C26H21NO2/c1-14-8-7-13-20(15(14)2)27-25(28)23-21-16-9-3-4-10-17(16)22(24(23)26(27)29)19-12-6-5-11-18(19)21/h3-13,21-24H,1-2H3/t21?,22?,23-,24+. The van der Waals surface area contributed by atoms with Crippen LogP contribution >= 0.6 is 0 Å². The van der Waals surface area contributed by atoms with Gasteiger partial charge in [0.15, 0.2) is 0 Å². The summed E-state index contributed by atoms with van der Waals surface area (Å²) in [6.07, 6.45) is 0. The molecule has 0 spiro atoms. The van der Waals surface area contributed by atoms with E-state index in [1.807, 2.05) is 56.3 Å². The topological polar surface area (TPSA) is 37.4 Å². The highest BCUT2D eigenvalue weighted by Gasteiger charge is 2.61. The molecule has 7 rings (SSSR count). The number of carbonyl (C=O) groups excluding carboxylic acids is 2. The lowest BCUT2D eigenvalue weighted by Gasteiger charge is -2.45. The van der Waals surface area contributed by atoms with E-state index in [1.165, 1.54) is 27.2 Å². The smallest absolute Gasteiger partial charge is 0.238 e. The van der Waals surface area contributed by atoms with E-state index in [2.05, 4.69) is 24.3 Å². The molecule has 29 heavy (non-hydrogen) atoms. The predicted octanol–water partition coefficient (Wildman–Crippen LogP) is 4.70. The average molecular weight is 379 g/mol. The van der Waals surface area contributed by atoms with E-state index < -0.39 is 0 Å². The fourth-order valence-corrected chi connectivity index (χ4v) is 5.89. The van der Waals surface area contributed by atoms with Crippen LogP contribution in [0.3, 0.4) is 0 Å². The lowest BCUT2D eigenvalue weighted by Crippen LogP contribution is -2.41. The minimum Gasteiger partial charge on any atom is -0.274 e. The van der Waals surface area contributed by atoms with E-state index in [4.69, 9.17) is 0 Å². The molecule has 4 aliphatic rings. The van der Waals surface area contributed by atoms with Gasteiger partial charge in [0.05, 0.1) is 17.5 Å². The number of carbonyl (C=O) groups is 2. The van der Waals surface area contributed by atoms with E-state index in [-0.39, 0.29) is 35.5 Å². The van der Waals surface area contributed by atoms with Gasteiger partial charge in [-0.1, -0.05) is 60.7 Å². The Kier molecular flexibility index (Phi) is 3.27. The summed E-state index contributed by atoms with van der Waals surface area (Å²) in [6.45, 7) is 4.01. The van der Waals surface area contributed by atoms with Crippen molar-refractivity contribution >= 4 is 17.5 Å². The van der Waals surface area contributed by atoms with E-state index in [1.54, 1.807) is 0 Å². The number of rotatable bonds is 1. The minimum atomic E-state index is -0.322. The van der Waals surface area contributed by atoms with Crippen molar-refractivity contribution in [1.29, 1.82) is 0 Å². The maximum atomic E-state index is 13.7. The number of amides is 2. The molecular formula is C26H21NO2. The van der Waals surface area contributed by atoms with Crippen molar-refractivity contribution in [2.24, 2.45) is 11.8 Å². The first kappa shape index (κ1) is 16.7. The molecule has 0 N–H and O–H groups in total. The van der Waals surface area contributed by atoms with Gasteiger partial charge in [-0.15, -0.1) is 0 Å². The van der Waals surface area contributed by atoms with Gasteiger partial charge < -0.3 is 0 Å². The molecule has 2 atom stereocenters. The first-order valence-corrected chi connectivity index (χ1v) is 10.2. The molecule has 1 saturated heterocycles. The predicted molar refractivity (Wildman–Crippen MR) is 112 cm³/mol. The molecule has 142 valence electrons. The first-order chi connectivity index (χ1) is 14.1. The van der Waals surface area contributed by atoms with Crippen LogP contribution in [0.4, 0.5) is 5.69 Å². The molecule has 0 radical (unpaired) electrons. The van der Waals surface area contributed by atoms with Crippen molar-refractivity contribution in [2.45, 2.75) is 25.7 Å². The van der Waals surface area contributed by atoms with E-state index in [0.717, 1.165) is 16.8 Å². The third-order valence-corrected chi connectivity index (χ3v) is 7.27. The fourth-order valence-electron chi connectivity index (χ4n) is 5.89. The number of aryl methyl sites for hydroxylation is 1.